The second-order valence-electron chi connectivity index (χ2n) is 8.81. The summed E-state index contributed by atoms with van der Waals surface area (Å²) in [7, 11) is 1.37. The van der Waals surface area contributed by atoms with Crippen molar-refractivity contribution in [3.05, 3.63) is 63.2 Å². The van der Waals surface area contributed by atoms with Crippen molar-refractivity contribution < 1.29 is 14.3 Å². The summed E-state index contributed by atoms with van der Waals surface area (Å²) < 4.78 is 4.99. The molecule has 37 heavy (non-hydrogen) atoms. The van der Waals surface area contributed by atoms with Crippen LogP contribution in [0.25, 0.3) is 0 Å². The van der Waals surface area contributed by atoms with E-state index in [1.165, 1.54) is 18.4 Å². The first-order chi connectivity index (χ1) is 18.1. The lowest BCUT2D eigenvalue weighted by Gasteiger charge is -2.37. The summed E-state index contributed by atoms with van der Waals surface area (Å²) in [6.45, 7) is 3.68. The number of hydrogen-bond acceptors (Lipinski definition) is 9. The van der Waals surface area contributed by atoms with Gasteiger partial charge in [0.15, 0.2) is 10.8 Å². The maximum Gasteiger partial charge on any atom is 0.337 e. The van der Waals surface area contributed by atoms with Gasteiger partial charge in [-0.2, -0.15) is 5.26 Å². The zero-order chi connectivity index (χ0) is 25.8. The molecule has 2 fully saturated rings. The Morgan fingerprint density at radius 3 is 2.78 bits per heavy atom. The van der Waals surface area contributed by atoms with E-state index in [0.717, 1.165) is 16.3 Å². The number of nitriles is 1. The van der Waals surface area contributed by atoms with Crippen molar-refractivity contribution in [1.29, 1.82) is 5.26 Å². The van der Waals surface area contributed by atoms with E-state index >= 15 is 0 Å². The highest BCUT2D eigenvalue weighted by Crippen LogP contribution is 2.22. The Hall–Kier alpha value is -4.19. The highest BCUT2D eigenvalue weighted by molar-refractivity contribution is 7.11. The standard InChI is InChI=1S/C26H25N7O3S/c1-36-25(34)21-14-29-23(24-28-8-12-37-24)30-22(21)17-31-10-11-33-20(15-31)16-32(26(33)35)9-2-3-18-4-6-19(13-27)7-5-18/h4-8,12,20H,9-11,14-17H2,1H3,(H,29,30)/t20-/m0/s1. The molecule has 1 aromatic carbocycles. The molecule has 2 saturated heterocycles. The second kappa shape index (κ2) is 10.8. The molecule has 3 aliphatic heterocycles. The topological polar surface area (TPSA) is 114 Å². The third-order valence-electron chi connectivity index (χ3n) is 6.51. The van der Waals surface area contributed by atoms with Gasteiger partial charge in [-0.3, -0.25) is 9.89 Å². The van der Waals surface area contributed by atoms with E-state index in [1.54, 1.807) is 35.4 Å². The number of urea groups is 1. The molecule has 0 aliphatic carbocycles. The Labute approximate surface area is 218 Å². The summed E-state index contributed by atoms with van der Waals surface area (Å²) in [5, 5.41) is 14.9. The number of amides is 2. The number of thiazole rings is 1. The SMILES string of the molecule is COC(=O)C1=C(CN2CCN3C(=O)N(CC#Cc4ccc(C#N)cc4)C[C@@H]3C2)NC(c2nccs2)=NC1. The predicted molar refractivity (Wildman–Crippen MR) is 138 cm³/mol. The lowest BCUT2D eigenvalue weighted by atomic mass is 10.1. The molecule has 4 heterocycles. The van der Waals surface area contributed by atoms with E-state index in [-0.39, 0.29) is 18.6 Å². The van der Waals surface area contributed by atoms with Crippen molar-refractivity contribution in [2.24, 2.45) is 4.99 Å². The van der Waals surface area contributed by atoms with Crippen molar-refractivity contribution in [3.8, 4) is 17.9 Å². The number of aliphatic imine (C=N–C) groups is 1. The summed E-state index contributed by atoms with van der Waals surface area (Å²) in [5.41, 5.74) is 2.67. The average molecular weight is 516 g/mol. The number of benzene rings is 1. The molecule has 10 nitrogen and oxygen atoms in total. The monoisotopic (exact) mass is 515 g/mol. The Bertz CT molecular complexity index is 1350. The number of nitrogens with zero attached hydrogens (tertiary/aromatic N) is 6. The van der Waals surface area contributed by atoms with E-state index in [9.17, 15) is 9.59 Å². The number of esters is 1. The van der Waals surface area contributed by atoms with Gasteiger partial charge >= 0.3 is 12.0 Å². The predicted octanol–water partition coefficient (Wildman–Crippen LogP) is 1.27. The van der Waals surface area contributed by atoms with E-state index in [2.05, 4.69) is 38.1 Å². The zero-order valence-corrected chi connectivity index (χ0v) is 21.1. The van der Waals surface area contributed by atoms with Crippen LogP contribution in [0.3, 0.4) is 0 Å². The summed E-state index contributed by atoms with van der Waals surface area (Å²) >= 11 is 1.48. The molecular formula is C26H25N7O3S. The molecule has 0 bridgehead atoms. The third kappa shape index (κ3) is 5.33. The van der Waals surface area contributed by atoms with Gasteiger partial charge in [-0.1, -0.05) is 11.8 Å². The zero-order valence-electron chi connectivity index (χ0n) is 20.3. The molecule has 0 unspecified atom stereocenters. The van der Waals surface area contributed by atoms with Crippen LogP contribution in [0.15, 0.2) is 52.1 Å². The first kappa shape index (κ1) is 24.5. The first-order valence-corrected chi connectivity index (χ1v) is 12.7. The van der Waals surface area contributed by atoms with Gasteiger partial charge in [0.1, 0.15) is 0 Å². The Kier molecular flexibility index (Phi) is 7.17. The van der Waals surface area contributed by atoms with Gasteiger partial charge < -0.3 is 19.9 Å². The number of amidine groups is 1. The van der Waals surface area contributed by atoms with Gasteiger partial charge in [-0.25, -0.2) is 14.6 Å². The number of piperazine rings is 1. The minimum Gasteiger partial charge on any atom is -0.466 e. The van der Waals surface area contributed by atoms with Crippen molar-refractivity contribution >= 4 is 29.2 Å². The summed E-state index contributed by atoms with van der Waals surface area (Å²) in [6, 6.07) is 9.21. The highest BCUT2D eigenvalue weighted by atomic mass is 32.1. The second-order valence-corrected chi connectivity index (χ2v) is 9.71. The largest absolute Gasteiger partial charge is 0.466 e. The van der Waals surface area contributed by atoms with Crippen molar-refractivity contribution in [1.82, 2.24) is 25.0 Å². The minimum atomic E-state index is -0.397. The Morgan fingerprint density at radius 2 is 2.05 bits per heavy atom. The molecule has 0 saturated carbocycles. The number of carbonyl (C=O) groups excluding carboxylic acids is 2. The molecule has 3 aliphatic rings. The maximum atomic E-state index is 12.9. The average Bonchev–Trinajstić information content (AvgIpc) is 3.57. The highest BCUT2D eigenvalue weighted by Gasteiger charge is 2.40. The van der Waals surface area contributed by atoms with Crippen LogP contribution in [0, 0.1) is 23.2 Å². The number of aromatic nitrogens is 1. The lowest BCUT2D eigenvalue weighted by Crippen LogP contribution is -2.53. The first-order valence-electron chi connectivity index (χ1n) is 11.8. The van der Waals surface area contributed by atoms with Gasteiger partial charge in [0.05, 0.1) is 43.4 Å². The third-order valence-corrected chi connectivity index (χ3v) is 7.29. The van der Waals surface area contributed by atoms with Gasteiger partial charge in [0.25, 0.3) is 0 Å². The molecule has 2 aromatic rings. The van der Waals surface area contributed by atoms with Crippen LogP contribution in [-0.4, -0.2) is 96.5 Å². The molecule has 5 rings (SSSR count). The van der Waals surface area contributed by atoms with Crippen LogP contribution < -0.4 is 5.32 Å². The van der Waals surface area contributed by atoms with E-state index in [4.69, 9.17) is 10.00 Å². The smallest absolute Gasteiger partial charge is 0.337 e. The number of carbonyl (C=O) groups is 2. The molecule has 0 radical (unpaired) electrons. The molecule has 0 spiro atoms. The van der Waals surface area contributed by atoms with Gasteiger partial charge in [0, 0.05) is 55.6 Å². The lowest BCUT2D eigenvalue weighted by molar-refractivity contribution is -0.136. The summed E-state index contributed by atoms with van der Waals surface area (Å²) in [6.07, 6.45) is 1.72. The number of methoxy groups -OCH3 is 1. The van der Waals surface area contributed by atoms with Gasteiger partial charge in [-0.05, 0) is 24.3 Å². The van der Waals surface area contributed by atoms with Crippen LogP contribution in [0.4, 0.5) is 4.79 Å². The number of fused-ring (bicyclic) bond motifs is 1. The normalized spacial score (nSPS) is 19.4. The van der Waals surface area contributed by atoms with Crippen molar-refractivity contribution in [2.45, 2.75) is 6.04 Å². The van der Waals surface area contributed by atoms with Crippen LogP contribution in [0.1, 0.15) is 16.1 Å². The Balaban J connectivity index is 1.22. The van der Waals surface area contributed by atoms with Crippen LogP contribution in [0.2, 0.25) is 0 Å². The van der Waals surface area contributed by atoms with Gasteiger partial charge in [-0.15, -0.1) is 11.3 Å². The number of nitrogens with one attached hydrogen (secondary N) is 1. The van der Waals surface area contributed by atoms with E-state index in [0.29, 0.717) is 56.2 Å². The van der Waals surface area contributed by atoms with Crippen LogP contribution in [-0.2, 0) is 9.53 Å². The Morgan fingerprint density at radius 1 is 1.24 bits per heavy atom. The van der Waals surface area contributed by atoms with Gasteiger partial charge in [0.2, 0.25) is 0 Å². The summed E-state index contributed by atoms with van der Waals surface area (Å²) in [5.74, 6) is 6.41. The van der Waals surface area contributed by atoms with Crippen LogP contribution in [0.5, 0.6) is 0 Å². The van der Waals surface area contributed by atoms with Crippen molar-refractivity contribution in [3.63, 3.8) is 0 Å². The maximum absolute atomic E-state index is 12.9. The fraction of sp³-hybridized carbons (Fsp3) is 0.346. The number of hydrogen-bond donors (Lipinski definition) is 1. The molecule has 1 aromatic heterocycles. The molecular weight excluding hydrogens is 490 g/mol. The van der Waals surface area contributed by atoms with Crippen LogP contribution >= 0.6 is 11.3 Å². The fourth-order valence-electron chi connectivity index (χ4n) is 4.63. The molecule has 188 valence electrons. The quantitative estimate of drug-likeness (QED) is 0.471. The molecule has 11 heteroatoms. The number of rotatable bonds is 5. The van der Waals surface area contributed by atoms with E-state index in [1.807, 2.05) is 10.3 Å². The van der Waals surface area contributed by atoms with Crippen molar-refractivity contribution in [2.75, 3.05) is 52.9 Å². The molecule has 2 amide bonds. The minimum absolute atomic E-state index is 0.00206. The van der Waals surface area contributed by atoms with E-state index < -0.39 is 5.97 Å². The fourth-order valence-corrected chi connectivity index (χ4v) is 5.22. The number of ether oxygens (including phenoxy) is 1. The summed E-state index contributed by atoms with van der Waals surface area (Å²) in [4.78, 5) is 40.1. The molecule has 1 N–H and O–H groups in total. The molecule has 1 atom stereocenters.